The lowest BCUT2D eigenvalue weighted by Crippen LogP contribution is -2.23. The molecule has 1 rings (SSSR count). The molecule has 1 heterocycles. The summed E-state index contributed by atoms with van der Waals surface area (Å²) in [6, 6.07) is 0. The zero-order valence-electron chi connectivity index (χ0n) is 6.65. The maximum absolute atomic E-state index is 7.27. The Labute approximate surface area is 79.3 Å². The highest BCUT2D eigenvalue weighted by Crippen LogP contribution is 2.25. The molecule has 0 aliphatic carbocycles. The van der Waals surface area contributed by atoms with Crippen molar-refractivity contribution >= 4 is 29.1 Å². The second-order valence-electron chi connectivity index (χ2n) is 2.18. The van der Waals surface area contributed by atoms with Gasteiger partial charge in [-0.3, -0.25) is 5.41 Å². The Bertz CT molecular complexity index is 246. The lowest BCUT2D eigenvalue weighted by Gasteiger charge is -2.08. The highest BCUT2D eigenvalue weighted by molar-refractivity contribution is 8.02. The molecule has 1 atom stereocenters. The summed E-state index contributed by atoms with van der Waals surface area (Å²) in [5.41, 5.74) is 5.38. The van der Waals surface area contributed by atoms with Crippen molar-refractivity contribution < 1.29 is 0 Å². The fourth-order valence-electron chi connectivity index (χ4n) is 0.703. The molecule has 0 amide bonds. The summed E-state index contributed by atoms with van der Waals surface area (Å²) < 4.78 is 4.74. The summed E-state index contributed by atoms with van der Waals surface area (Å²) in [6.07, 6.45) is 2.36. The molecule has 66 valence electrons. The van der Waals surface area contributed by atoms with Gasteiger partial charge in [-0.1, -0.05) is 18.7 Å². The second kappa shape index (κ2) is 4.42. The average Bonchev–Trinajstić information content (AvgIpc) is 2.51. The van der Waals surface area contributed by atoms with E-state index in [0.29, 0.717) is 0 Å². The number of nitrogens with two attached hydrogens (primary N) is 1. The molecular weight excluding hydrogens is 192 g/mol. The Morgan fingerprint density at radius 3 is 3.08 bits per heavy atom. The van der Waals surface area contributed by atoms with Crippen molar-refractivity contribution in [3.63, 3.8) is 0 Å². The minimum Gasteiger partial charge on any atom is -0.387 e. The van der Waals surface area contributed by atoms with E-state index in [1.54, 1.807) is 0 Å². The van der Waals surface area contributed by atoms with E-state index >= 15 is 0 Å². The molecule has 0 saturated heterocycles. The number of thioether (sulfide) groups is 1. The van der Waals surface area contributed by atoms with Crippen LogP contribution in [0.1, 0.15) is 13.3 Å². The number of amidine groups is 1. The van der Waals surface area contributed by atoms with Crippen LogP contribution < -0.4 is 5.73 Å². The summed E-state index contributed by atoms with van der Waals surface area (Å²) in [4.78, 5) is 4.00. The molecule has 0 aromatic carbocycles. The van der Waals surface area contributed by atoms with Gasteiger partial charge in [0.1, 0.15) is 12.2 Å². The zero-order chi connectivity index (χ0) is 8.97. The van der Waals surface area contributed by atoms with Gasteiger partial charge in [0.25, 0.3) is 0 Å². The van der Waals surface area contributed by atoms with Crippen LogP contribution >= 0.6 is 23.3 Å². The molecule has 0 aliphatic rings. The van der Waals surface area contributed by atoms with Gasteiger partial charge in [-0.15, -0.1) is 0 Å². The van der Waals surface area contributed by atoms with E-state index in [0.717, 1.165) is 10.8 Å². The number of hydrogen-bond acceptors (Lipinski definition) is 5. The quantitative estimate of drug-likeness (QED) is 0.439. The molecule has 0 spiro atoms. The zero-order valence-corrected chi connectivity index (χ0v) is 8.28. The van der Waals surface area contributed by atoms with Crippen LogP contribution in [0.5, 0.6) is 0 Å². The summed E-state index contributed by atoms with van der Waals surface area (Å²) in [6.45, 7) is 2.00. The number of hydrogen-bond donors (Lipinski definition) is 2. The first-order valence-electron chi connectivity index (χ1n) is 3.51. The minimum absolute atomic E-state index is 0.0398. The monoisotopic (exact) mass is 202 g/mol. The van der Waals surface area contributed by atoms with Gasteiger partial charge in [-0.2, -0.15) is 4.37 Å². The van der Waals surface area contributed by atoms with Crippen LogP contribution in [0.4, 0.5) is 0 Å². The first-order chi connectivity index (χ1) is 5.74. The highest BCUT2D eigenvalue weighted by Gasteiger charge is 2.12. The Kier molecular flexibility index (Phi) is 3.48. The van der Waals surface area contributed by atoms with Crippen molar-refractivity contribution in [1.29, 1.82) is 5.41 Å². The predicted octanol–water partition coefficient (Wildman–Crippen LogP) is 1.34. The van der Waals surface area contributed by atoms with Gasteiger partial charge in [0, 0.05) is 0 Å². The van der Waals surface area contributed by atoms with Gasteiger partial charge in [-0.05, 0) is 18.0 Å². The maximum Gasteiger partial charge on any atom is 0.170 e. The minimum atomic E-state index is 0.0398. The maximum atomic E-state index is 7.27. The van der Waals surface area contributed by atoms with Crippen LogP contribution in [0, 0.1) is 5.41 Å². The van der Waals surface area contributed by atoms with Gasteiger partial charge < -0.3 is 5.73 Å². The molecule has 12 heavy (non-hydrogen) atoms. The first-order valence-corrected chi connectivity index (χ1v) is 5.16. The molecule has 6 heteroatoms. The fraction of sp³-hybridized carbons (Fsp3) is 0.500. The first kappa shape index (κ1) is 9.47. The molecule has 1 aromatic heterocycles. The summed E-state index contributed by atoms with van der Waals surface area (Å²) in [7, 11) is 0. The lowest BCUT2D eigenvalue weighted by molar-refractivity contribution is 0.989. The summed E-state index contributed by atoms with van der Waals surface area (Å²) >= 11 is 2.83. The molecule has 0 bridgehead atoms. The third-order valence-electron chi connectivity index (χ3n) is 1.30. The standard InChI is InChI=1S/C6H10N4S2/c1-2-4(5(7)8)11-6-9-3-10-12-6/h3-4H,2H2,1H3,(H3,7,8). The molecule has 0 aliphatic heterocycles. The summed E-state index contributed by atoms with van der Waals surface area (Å²) in [5, 5.41) is 7.31. The smallest absolute Gasteiger partial charge is 0.170 e. The molecule has 3 N–H and O–H groups in total. The third kappa shape index (κ3) is 2.46. The van der Waals surface area contributed by atoms with Gasteiger partial charge in [0.05, 0.1) is 5.25 Å². The number of aromatic nitrogens is 2. The van der Waals surface area contributed by atoms with Gasteiger partial charge in [0.2, 0.25) is 0 Å². The van der Waals surface area contributed by atoms with Crippen molar-refractivity contribution in [3.05, 3.63) is 6.33 Å². The van der Waals surface area contributed by atoms with E-state index in [-0.39, 0.29) is 11.1 Å². The van der Waals surface area contributed by atoms with E-state index in [2.05, 4.69) is 9.36 Å². The Morgan fingerprint density at radius 2 is 2.67 bits per heavy atom. The second-order valence-corrected chi connectivity index (χ2v) is 4.41. The van der Waals surface area contributed by atoms with Crippen LogP contribution in [0.3, 0.4) is 0 Å². The Morgan fingerprint density at radius 1 is 1.92 bits per heavy atom. The topological polar surface area (TPSA) is 75.7 Å². The van der Waals surface area contributed by atoms with Crippen LogP contribution in [0.2, 0.25) is 0 Å². The molecule has 1 unspecified atom stereocenters. The lowest BCUT2D eigenvalue weighted by atomic mass is 10.3. The van der Waals surface area contributed by atoms with Crippen molar-refractivity contribution in [2.75, 3.05) is 0 Å². The van der Waals surface area contributed by atoms with Crippen LogP contribution in [0.25, 0.3) is 0 Å². The van der Waals surface area contributed by atoms with E-state index in [4.69, 9.17) is 11.1 Å². The van der Waals surface area contributed by atoms with Gasteiger partial charge in [0.15, 0.2) is 4.34 Å². The van der Waals surface area contributed by atoms with Gasteiger partial charge in [-0.25, -0.2) is 4.98 Å². The van der Waals surface area contributed by atoms with Crippen molar-refractivity contribution in [2.45, 2.75) is 22.9 Å². The van der Waals surface area contributed by atoms with Crippen LogP contribution in [-0.2, 0) is 0 Å². The number of nitrogens with one attached hydrogen (secondary N) is 1. The SMILES string of the molecule is CCC(Sc1ncns1)C(=N)N. The van der Waals surface area contributed by atoms with Crippen molar-refractivity contribution in [3.8, 4) is 0 Å². The predicted molar refractivity (Wildman–Crippen MR) is 51.8 cm³/mol. The average molecular weight is 202 g/mol. The molecule has 0 saturated carbocycles. The highest BCUT2D eigenvalue weighted by atomic mass is 32.2. The van der Waals surface area contributed by atoms with E-state index in [1.807, 2.05) is 6.92 Å². The van der Waals surface area contributed by atoms with E-state index < -0.39 is 0 Å². The Hall–Kier alpha value is -0.620. The van der Waals surface area contributed by atoms with Crippen molar-refractivity contribution in [2.24, 2.45) is 5.73 Å². The fourth-order valence-corrected chi connectivity index (χ4v) is 2.28. The van der Waals surface area contributed by atoms with Gasteiger partial charge >= 0.3 is 0 Å². The number of nitrogens with zero attached hydrogens (tertiary/aromatic N) is 2. The Balaban J connectivity index is 2.54. The molecule has 1 aromatic rings. The van der Waals surface area contributed by atoms with E-state index in [1.165, 1.54) is 29.6 Å². The van der Waals surface area contributed by atoms with E-state index in [9.17, 15) is 0 Å². The normalized spacial score (nSPS) is 12.8. The molecule has 4 nitrogen and oxygen atoms in total. The van der Waals surface area contributed by atoms with Crippen LogP contribution in [0.15, 0.2) is 10.7 Å². The van der Waals surface area contributed by atoms with Crippen LogP contribution in [-0.4, -0.2) is 20.4 Å². The molecule has 0 fully saturated rings. The largest absolute Gasteiger partial charge is 0.387 e. The molecular formula is C6H10N4S2. The number of rotatable bonds is 4. The summed E-state index contributed by atoms with van der Waals surface area (Å²) in [5.74, 6) is 0.206. The molecule has 0 radical (unpaired) electrons. The van der Waals surface area contributed by atoms with Crippen molar-refractivity contribution in [1.82, 2.24) is 9.36 Å². The third-order valence-corrected chi connectivity index (χ3v) is 3.45.